The molecule has 1 N–H and O–H groups in total. The SMILES string of the molecule is O=C(O)CCc1cnn(Cc2ccc(F)cc2)c1. The Bertz CT molecular complexity index is 534. The third kappa shape index (κ3) is 3.41. The molecular weight excluding hydrogens is 235 g/mol. The van der Waals surface area contributed by atoms with Crippen LogP contribution in [0.5, 0.6) is 0 Å². The molecule has 94 valence electrons. The molecule has 0 amide bonds. The maximum absolute atomic E-state index is 12.7. The summed E-state index contributed by atoms with van der Waals surface area (Å²) in [6.07, 6.45) is 4.04. The number of halogens is 1. The fraction of sp³-hybridized carbons (Fsp3) is 0.231. The van der Waals surface area contributed by atoms with E-state index in [1.54, 1.807) is 23.0 Å². The summed E-state index contributed by atoms with van der Waals surface area (Å²) in [5.74, 6) is -1.08. The molecule has 4 nitrogen and oxygen atoms in total. The van der Waals surface area contributed by atoms with Gasteiger partial charge in [-0.15, -0.1) is 0 Å². The highest BCUT2D eigenvalue weighted by Gasteiger charge is 2.03. The first-order valence-electron chi connectivity index (χ1n) is 5.61. The Morgan fingerprint density at radius 1 is 1.28 bits per heavy atom. The Balaban J connectivity index is 1.97. The number of hydrogen-bond donors (Lipinski definition) is 1. The van der Waals surface area contributed by atoms with E-state index in [0.717, 1.165) is 11.1 Å². The first-order valence-corrected chi connectivity index (χ1v) is 5.61. The van der Waals surface area contributed by atoms with Gasteiger partial charge >= 0.3 is 5.97 Å². The van der Waals surface area contributed by atoms with Gasteiger partial charge in [0.1, 0.15) is 5.82 Å². The second-order valence-corrected chi connectivity index (χ2v) is 4.07. The molecule has 0 aliphatic rings. The molecule has 2 rings (SSSR count). The third-order valence-electron chi connectivity index (χ3n) is 2.57. The van der Waals surface area contributed by atoms with Crippen LogP contribution in [0.3, 0.4) is 0 Å². The molecule has 2 aromatic rings. The minimum absolute atomic E-state index is 0.0994. The molecular formula is C13H13FN2O2. The van der Waals surface area contributed by atoms with Gasteiger partial charge in [-0.2, -0.15) is 5.10 Å². The Morgan fingerprint density at radius 2 is 2.00 bits per heavy atom. The molecule has 18 heavy (non-hydrogen) atoms. The van der Waals surface area contributed by atoms with Gasteiger partial charge < -0.3 is 5.11 Å². The number of carboxylic acid groups (broad SMARTS) is 1. The molecule has 0 aliphatic carbocycles. The normalized spacial score (nSPS) is 10.5. The lowest BCUT2D eigenvalue weighted by Crippen LogP contribution is -2.00. The average molecular weight is 248 g/mol. The fourth-order valence-electron chi connectivity index (χ4n) is 1.65. The monoisotopic (exact) mass is 248 g/mol. The molecule has 0 radical (unpaired) electrons. The summed E-state index contributed by atoms with van der Waals surface area (Å²) in [5, 5.41) is 12.7. The predicted octanol–water partition coefficient (Wildman–Crippen LogP) is 2.09. The number of aliphatic carboxylic acids is 1. The zero-order valence-electron chi connectivity index (χ0n) is 9.71. The minimum Gasteiger partial charge on any atom is -0.481 e. The topological polar surface area (TPSA) is 55.1 Å². The van der Waals surface area contributed by atoms with Crippen molar-refractivity contribution in [1.82, 2.24) is 9.78 Å². The van der Waals surface area contributed by atoms with Crippen molar-refractivity contribution in [2.75, 3.05) is 0 Å². The summed E-state index contributed by atoms with van der Waals surface area (Å²) in [4.78, 5) is 10.4. The van der Waals surface area contributed by atoms with Gasteiger partial charge in [-0.1, -0.05) is 12.1 Å². The first-order chi connectivity index (χ1) is 8.63. The van der Waals surface area contributed by atoms with E-state index < -0.39 is 5.97 Å². The quantitative estimate of drug-likeness (QED) is 0.881. The number of nitrogens with zero attached hydrogens (tertiary/aromatic N) is 2. The largest absolute Gasteiger partial charge is 0.481 e. The summed E-state index contributed by atoms with van der Waals surface area (Å²) in [6, 6.07) is 6.22. The summed E-state index contributed by atoms with van der Waals surface area (Å²) in [5.41, 5.74) is 1.84. The lowest BCUT2D eigenvalue weighted by Gasteiger charge is -2.01. The van der Waals surface area contributed by atoms with Crippen molar-refractivity contribution in [2.45, 2.75) is 19.4 Å². The van der Waals surface area contributed by atoms with E-state index in [2.05, 4.69) is 5.10 Å². The van der Waals surface area contributed by atoms with Gasteiger partial charge in [0.2, 0.25) is 0 Å². The van der Waals surface area contributed by atoms with E-state index in [1.807, 2.05) is 6.20 Å². The average Bonchev–Trinajstić information content (AvgIpc) is 2.77. The van der Waals surface area contributed by atoms with Gasteiger partial charge in [-0.3, -0.25) is 9.48 Å². The second-order valence-electron chi connectivity index (χ2n) is 4.07. The number of carboxylic acids is 1. The molecule has 0 aliphatic heterocycles. The minimum atomic E-state index is -0.818. The maximum Gasteiger partial charge on any atom is 0.303 e. The number of benzene rings is 1. The number of aryl methyl sites for hydroxylation is 1. The predicted molar refractivity (Wildman–Crippen MR) is 63.7 cm³/mol. The Hall–Kier alpha value is -2.17. The van der Waals surface area contributed by atoms with Crippen LogP contribution in [0.25, 0.3) is 0 Å². The maximum atomic E-state index is 12.7. The van der Waals surface area contributed by atoms with Crippen molar-refractivity contribution in [3.05, 3.63) is 53.6 Å². The molecule has 0 fully saturated rings. The zero-order valence-corrected chi connectivity index (χ0v) is 9.71. The van der Waals surface area contributed by atoms with Crippen LogP contribution in [0.4, 0.5) is 4.39 Å². The highest BCUT2D eigenvalue weighted by atomic mass is 19.1. The van der Waals surface area contributed by atoms with Crippen LogP contribution < -0.4 is 0 Å². The molecule has 0 spiro atoms. The lowest BCUT2D eigenvalue weighted by molar-refractivity contribution is -0.136. The van der Waals surface area contributed by atoms with Gasteiger partial charge in [0, 0.05) is 12.6 Å². The molecule has 1 aromatic heterocycles. The van der Waals surface area contributed by atoms with E-state index in [0.29, 0.717) is 13.0 Å². The number of aromatic nitrogens is 2. The molecule has 0 saturated carbocycles. The fourth-order valence-corrected chi connectivity index (χ4v) is 1.65. The van der Waals surface area contributed by atoms with Crippen molar-refractivity contribution in [3.63, 3.8) is 0 Å². The van der Waals surface area contributed by atoms with Gasteiger partial charge in [-0.25, -0.2) is 4.39 Å². The van der Waals surface area contributed by atoms with Gasteiger partial charge in [-0.05, 0) is 29.7 Å². The zero-order chi connectivity index (χ0) is 13.0. The van der Waals surface area contributed by atoms with Crippen LogP contribution in [0.2, 0.25) is 0 Å². The van der Waals surface area contributed by atoms with Gasteiger partial charge in [0.15, 0.2) is 0 Å². The highest BCUT2D eigenvalue weighted by molar-refractivity contribution is 5.67. The molecule has 0 atom stereocenters. The molecule has 0 bridgehead atoms. The van der Waals surface area contributed by atoms with E-state index in [-0.39, 0.29) is 12.2 Å². The lowest BCUT2D eigenvalue weighted by atomic mass is 10.2. The van der Waals surface area contributed by atoms with Crippen LogP contribution in [0, 0.1) is 5.82 Å². The third-order valence-corrected chi connectivity index (χ3v) is 2.57. The van der Waals surface area contributed by atoms with Crippen LogP contribution >= 0.6 is 0 Å². The second kappa shape index (κ2) is 5.44. The van der Waals surface area contributed by atoms with Crippen molar-refractivity contribution >= 4 is 5.97 Å². The van der Waals surface area contributed by atoms with Crippen molar-refractivity contribution in [3.8, 4) is 0 Å². The van der Waals surface area contributed by atoms with Gasteiger partial charge in [0.05, 0.1) is 12.7 Å². The number of hydrogen-bond acceptors (Lipinski definition) is 2. The summed E-state index contributed by atoms with van der Waals surface area (Å²) in [7, 11) is 0. The van der Waals surface area contributed by atoms with E-state index in [9.17, 15) is 9.18 Å². The summed E-state index contributed by atoms with van der Waals surface area (Å²) < 4.78 is 14.4. The summed E-state index contributed by atoms with van der Waals surface area (Å²) >= 11 is 0. The van der Waals surface area contributed by atoms with Crippen LogP contribution in [0.1, 0.15) is 17.5 Å². The molecule has 5 heteroatoms. The molecule has 0 saturated heterocycles. The van der Waals surface area contributed by atoms with Crippen molar-refractivity contribution in [2.24, 2.45) is 0 Å². The molecule has 0 unspecified atom stereocenters. The van der Waals surface area contributed by atoms with Crippen LogP contribution in [-0.4, -0.2) is 20.9 Å². The van der Waals surface area contributed by atoms with E-state index in [4.69, 9.17) is 5.11 Å². The Kier molecular flexibility index (Phi) is 3.72. The molecule has 1 heterocycles. The summed E-state index contributed by atoms with van der Waals surface area (Å²) in [6.45, 7) is 0.549. The standard InChI is InChI=1S/C13H13FN2O2/c14-12-4-1-10(2-5-12)8-16-9-11(7-15-16)3-6-13(17)18/h1-2,4-5,7,9H,3,6,8H2,(H,17,18). The van der Waals surface area contributed by atoms with E-state index >= 15 is 0 Å². The van der Waals surface area contributed by atoms with Crippen molar-refractivity contribution < 1.29 is 14.3 Å². The molecule has 1 aromatic carbocycles. The van der Waals surface area contributed by atoms with Gasteiger partial charge in [0.25, 0.3) is 0 Å². The Morgan fingerprint density at radius 3 is 2.67 bits per heavy atom. The van der Waals surface area contributed by atoms with E-state index in [1.165, 1.54) is 12.1 Å². The number of rotatable bonds is 5. The smallest absolute Gasteiger partial charge is 0.303 e. The first kappa shape index (κ1) is 12.3. The number of carbonyl (C=O) groups is 1. The Labute approximate surface area is 104 Å². The van der Waals surface area contributed by atoms with Crippen LogP contribution in [0.15, 0.2) is 36.7 Å². The highest BCUT2D eigenvalue weighted by Crippen LogP contribution is 2.07. The van der Waals surface area contributed by atoms with Crippen LogP contribution in [-0.2, 0) is 17.8 Å². The van der Waals surface area contributed by atoms with Crippen molar-refractivity contribution in [1.29, 1.82) is 0 Å².